The van der Waals surface area contributed by atoms with E-state index in [4.69, 9.17) is 11.6 Å². The monoisotopic (exact) mass is 258 g/mol. The molecular formula is C10H15ClN4O2. The van der Waals surface area contributed by atoms with Crippen LogP contribution in [0.4, 0.5) is 11.5 Å². The largest absolute Gasteiger partial charge is 0.351 e. The molecule has 17 heavy (non-hydrogen) atoms. The summed E-state index contributed by atoms with van der Waals surface area (Å²) >= 11 is 5.69. The molecule has 0 N–H and O–H groups in total. The summed E-state index contributed by atoms with van der Waals surface area (Å²) in [6.45, 7) is 5.44. The Labute approximate surface area is 105 Å². The molecule has 0 saturated carbocycles. The molecular weight excluding hydrogens is 244 g/mol. The summed E-state index contributed by atoms with van der Waals surface area (Å²) in [6.07, 6.45) is 2.93. The van der Waals surface area contributed by atoms with Crippen LogP contribution in [0.25, 0.3) is 0 Å². The summed E-state index contributed by atoms with van der Waals surface area (Å²) in [4.78, 5) is 19.9. The highest BCUT2D eigenvalue weighted by Crippen LogP contribution is 2.26. The number of nitro groups is 1. The summed E-state index contributed by atoms with van der Waals surface area (Å²) in [5.74, 6) is 0.304. The molecule has 1 heterocycles. The molecule has 0 spiro atoms. The lowest BCUT2D eigenvalue weighted by Crippen LogP contribution is -2.26. The minimum absolute atomic E-state index is 0.0304. The number of hydrogen-bond acceptors (Lipinski definition) is 5. The van der Waals surface area contributed by atoms with Crippen molar-refractivity contribution in [3.8, 4) is 0 Å². The quantitative estimate of drug-likeness (QED) is 0.446. The fourth-order valence-corrected chi connectivity index (χ4v) is 1.70. The Morgan fingerprint density at radius 2 is 2.00 bits per heavy atom. The van der Waals surface area contributed by atoms with Crippen molar-refractivity contribution >= 4 is 23.1 Å². The van der Waals surface area contributed by atoms with E-state index in [0.29, 0.717) is 18.9 Å². The van der Waals surface area contributed by atoms with E-state index in [-0.39, 0.29) is 11.0 Å². The lowest BCUT2D eigenvalue weighted by molar-refractivity contribution is -0.384. The van der Waals surface area contributed by atoms with E-state index in [1.54, 1.807) is 0 Å². The number of hydrogen-bond donors (Lipinski definition) is 0. The molecule has 6 nitrogen and oxygen atoms in total. The number of anilines is 1. The van der Waals surface area contributed by atoms with Gasteiger partial charge < -0.3 is 4.90 Å². The van der Waals surface area contributed by atoms with Gasteiger partial charge >= 0.3 is 5.69 Å². The van der Waals surface area contributed by atoms with Gasteiger partial charge in [0.1, 0.15) is 6.20 Å². The molecule has 0 saturated heterocycles. The van der Waals surface area contributed by atoms with Crippen LogP contribution < -0.4 is 4.90 Å². The van der Waals surface area contributed by atoms with E-state index in [0.717, 1.165) is 19.0 Å². The summed E-state index contributed by atoms with van der Waals surface area (Å²) < 4.78 is 0. The fourth-order valence-electron chi connectivity index (χ4n) is 1.57. The molecule has 0 unspecified atom stereocenters. The third-order valence-electron chi connectivity index (χ3n) is 2.20. The minimum atomic E-state index is -0.482. The van der Waals surface area contributed by atoms with Gasteiger partial charge in [-0.25, -0.2) is 4.98 Å². The van der Waals surface area contributed by atoms with E-state index in [1.165, 1.54) is 0 Å². The molecule has 0 aliphatic rings. The zero-order valence-electron chi connectivity index (χ0n) is 9.89. The van der Waals surface area contributed by atoms with Gasteiger partial charge in [-0.2, -0.15) is 4.98 Å². The average molecular weight is 259 g/mol. The Morgan fingerprint density at radius 1 is 1.41 bits per heavy atom. The van der Waals surface area contributed by atoms with E-state index in [2.05, 4.69) is 9.97 Å². The number of rotatable bonds is 6. The van der Waals surface area contributed by atoms with Gasteiger partial charge in [0.05, 0.1) is 4.92 Å². The van der Waals surface area contributed by atoms with E-state index in [9.17, 15) is 10.1 Å². The van der Waals surface area contributed by atoms with Gasteiger partial charge in [-0.05, 0) is 24.4 Å². The third kappa shape index (κ3) is 3.52. The summed E-state index contributed by atoms with van der Waals surface area (Å²) in [7, 11) is 0. The Hall–Kier alpha value is -1.43. The first-order valence-electron chi connectivity index (χ1n) is 5.52. The Morgan fingerprint density at radius 3 is 2.47 bits per heavy atom. The van der Waals surface area contributed by atoms with Crippen molar-refractivity contribution in [1.82, 2.24) is 9.97 Å². The molecule has 0 atom stereocenters. The van der Waals surface area contributed by atoms with Gasteiger partial charge in [-0.15, -0.1) is 0 Å². The topological polar surface area (TPSA) is 72.2 Å². The van der Waals surface area contributed by atoms with Crippen molar-refractivity contribution in [3.05, 3.63) is 21.6 Å². The van der Waals surface area contributed by atoms with E-state index in [1.807, 2.05) is 18.7 Å². The smallest absolute Gasteiger partial charge is 0.329 e. The first-order valence-corrected chi connectivity index (χ1v) is 5.89. The molecule has 0 amide bonds. The predicted molar refractivity (Wildman–Crippen MR) is 66.5 cm³/mol. The number of halogens is 1. The molecule has 0 aliphatic carbocycles. The first-order chi connectivity index (χ1) is 8.10. The number of aromatic nitrogens is 2. The molecule has 1 rings (SSSR count). The maximum atomic E-state index is 10.9. The molecule has 0 aliphatic heterocycles. The van der Waals surface area contributed by atoms with Crippen LogP contribution in [0, 0.1) is 10.1 Å². The lowest BCUT2D eigenvalue weighted by atomic mass is 10.3. The van der Waals surface area contributed by atoms with Gasteiger partial charge in [0.25, 0.3) is 0 Å². The van der Waals surface area contributed by atoms with Gasteiger partial charge in [-0.1, -0.05) is 13.8 Å². The second-order valence-electron chi connectivity index (χ2n) is 3.59. The van der Waals surface area contributed by atoms with Crippen molar-refractivity contribution < 1.29 is 4.92 Å². The van der Waals surface area contributed by atoms with Crippen LogP contribution in [0.3, 0.4) is 0 Å². The van der Waals surface area contributed by atoms with Crippen LogP contribution in [0.15, 0.2) is 6.20 Å². The predicted octanol–water partition coefficient (Wildman–Crippen LogP) is 2.66. The van der Waals surface area contributed by atoms with Crippen molar-refractivity contribution in [2.24, 2.45) is 0 Å². The molecule has 0 radical (unpaired) electrons. The van der Waals surface area contributed by atoms with E-state index < -0.39 is 4.92 Å². The van der Waals surface area contributed by atoms with Crippen molar-refractivity contribution in [1.29, 1.82) is 0 Å². The Kier molecular flexibility index (Phi) is 5.09. The second-order valence-corrected chi connectivity index (χ2v) is 3.93. The van der Waals surface area contributed by atoms with Crippen molar-refractivity contribution in [2.45, 2.75) is 26.7 Å². The van der Waals surface area contributed by atoms with Crippen molar-refractivity contribution in [3.63, 3.8) is 0 Å². The standard InChI is InChI=1S/C10H15ClN4O2/c1-3-5-14(6-4-2)9-8(15(16)17)7-12-10(11)13-9/h7H,3-6H2,1-2H3. The molecule has 0 aromatic carbocycles. The maximum Gasteiger partial charge on any atom is 0.329 e. The highest BCUT2D eigenvalue weighted by atomic mass is 35.5. The van der Waals surface area contributed by atoms with Crippen LogP contribution in [0.1, 0.15) is 26.7 Å². The average Bonchev–Trinajstić information content (AvgIpc) is 2.28. The summed E-state index contributed by atoms with van der Waals surface area (Å²) in [6, 6.07) is 0. The molecule has 0 bridgehead atoms. The first kappa shape index (κ1) is 13.6. The molecule has 1 aromatic rings. The van der Waals surface area contributed by atoms with Gasteiger partial charge in [0, 0.05) is 13.1 Å². The Balaban J connectivity index is 3.14. The summed E-state index contributed by atoms with van der Waals surface area (Å²) in [5, 5.41) is 10.9. The fraction of sp³-hybridized carbons (Fsp3) is 0.600. The van der Waals surface area contributed by atoms with Gasteiger partial charge in [0.2, 0.25) is 11.1 Å². The normalized spacial score (nSPS) is 10.3. The molecule has 1 aromatic heterocycles. The molecule has 7 heteroatoms. The lowest BCUT2D eigenvalue weighted by Gasteiger charge is -2.21. The zero-order chi connectivity index (χ0) is 12.8. The molecule has 0 fully saturated rings. The van der Waals surface area contributed by atoms with Gasteiger partial charge in [-0.3, -0.25) is 10.1 Å². The highest BCUT2D eigenvalue weighted by Gasteiger charge is 2.21. The SMILES string of the molecule is CCCN(CCC)c1nc(Cl)ncc1[N+](=O)[O-]. The maximum absolute atomic E-state index is 10.9. The highest BCUT2D eigenvalue weighted by molar-refractivity contribution is 6.28. The second kappa shape index (κ2) is 6.34. The van der Waals surface area contributed by atoms with E-state index >= 15 is 0 Å². The van der Waals surface area contributed by atoms with Crippen LogP contribution in [0.2, 0.25) is 5.28 Å². The van der Waals surface area contributed by atoms with Crippen LogP contribution in [0.5, 0.6) is 0 Å². The number of nitrogens with zero attached hydrogens (tertiary/aromatic N) is 4. The van der Waals surface area contributed by atoms with Crippen LogP contribution in [-0.2, 0) is 0 Å². The molecule has 94 valence electrons. The van der Waals surface area contributed by atoms with Crippen LogP contribution >= 0.6 is 11.6 Å². The van der Waals surface area contributed by atoms with Crippen LogP contribution in [-0.4, -0.2) is 28.0 Å². The zero-order valence-corrected chi connectivity index (χ0v) is 10.6. The third-order valence-corrected chi connectivity index (χ3v) is 2.39. The minimum Gasteiger partial charge on any atom is -0.351 e. The Bertz CT molecular complexity index is 394. The van der Waals surface area contributed by atoms with Crippen molar-refractivity contribution in [2.75, 3.05) is 18.0 Å². The summed E-state index contributed by atoms with van der Waals surface area (Å²) in [5.41, 5.74) is -0.101. The van der Waals surface area contributed by atoms with Gasteiger partial charge in [0.15, 0.2) is 0 Å².